The summed E-state index contributed by atoms with van der Waals surface area (Å²) >= 11 is 0. The number of ether oxygens (including phenoxy) is 2. The Hall–Kier alpha value is -3.62. The third kappa shape index (κ3) is 4.99. The molecule has 8 heteroatoms. The number of ketones is 1. The standard InChI is InChI=1S/C24H25NO7/c1-2-13-32-19-9-5-17(6-10-19)22(28)20-21(16-3-7-18(27)8-4-16)25(24(30)23(20)29)11-14-31-15-12-26/h2-10,21,26-28H,1,11-15H2/t21-/m0/s1. The number of nitrogens with zero attached hydrogens (tertiary/aromatic N) is 1. The van der Waals surface area contributed by atoms with E-state index in [1.807, 2.05) is 0 Å². The van der Waals surface area contributed by atoms with Crippen molar-refractivity contribution in [3.63, 3.8) is 0 Å². The second-order valence-electron chi connectivity index (χ2n) is 7.04. The Morgan fingerprint density at radius 2 is 1.75 bits per heavy atom. The fraction of sp³-hybridized carbons (Fsp3) is 0.250. The molecule has 0 bridgehead atoms. The van der Waals surface area contributed by atoms with Crippen LogP contribution in [0.1, 0.15) is 17.2 Å². The average Bonchev–Trinajstić information content (AvgIpc) is 3.06. The molecule has 168 valence electrons. The number of benzene rings is 2. The minimum Gasteiger partial charge on any atom is -0.508 e. The van der Waals surface area contributed by atoms with Crippen molar-refractivity contribution in [1.82, 2.24) is 4.90 Å². The second-order valence-corrected chi connectivity index (χ2v) is 7.04. The van der Waals surface area contributed by atoms with E-state index < -0.39 is 17.7 Å². The summed E-state index contributed by atoms with van der Waals surface area (Å²) in [6.07, 6.45) is 1.61. The molecule has 3 N–H and O–H groups in total. The van der Waals surface area contributed by atoms with Crippen LogP contribution in [-0.4, -0.2) is 64.9 Å². The van der Waals surface area contributed by atoms with Crippen LogP contribution >= 0.6 is 0 Å². The molecule has 0 aromatic heterocycles. The number of likely N-dealkylation sites (tertiary alicyclic amines) is 1. The number of Topliss-reactive ketones (excluding diaryl/α,β-unsaturated/α-hetero) is 1. The van der Waals surface area contributed by atoms with Gasteiger partial charge in [-0.15, -0.1) is 0 Å². The van der Waals surface area contributed by atoms with Crippen molar-refractivity contribution in [3.05, 3.63) is 77.9 Å². The molecular weight excluding hydrogens is 414 g/mol. The van der Waals surface area contributed by atoms with Gasteiger partial charge in [-0.1, -0.05) is 24.8 Å². The summed E-state index contributed by atoms with van der Waals surface area (Å²) < 4.78 is 10.7. The highest BCUT2D eigenvalue weighted by atomic mass is 16.5. The molecule has 32 heavy (non-hydrogen) atoms. The van der Waals surface area contributed by atoms with Gasteiger partial charge >= 0.3 is 0 Å². The SMILES string of the molecule is C=CCOc1ccc(C(O)=C2C(=O)C(=O)N(CCOCCO)[C@H]2c2ccc(O)cc2)cc1. The molecule has 3 rings (SSSR count). The van der Waals surface area contributed by atoms with E-state index in [0.29, 0.717) is 23.5 Å². The van der Waals surface area contributed by atoms with Crippen molar-refractivity contribution in [2.45, 2.75) is 6.04 Å². The number of carbonyl (C=O) groups excluding carboxylic acids is 2. The van der Waals surface area contributed by atoms with Gasteiger partial charge in [-0.2, -0.15) is 0 Å². The number of phenols is 1. The fourth-order valence-corrected chi connectivity index (χ4v) is 3.46. The van der Waals surface area contributed by atoms with Crippen LogP contribution in [0, 0.1) is 0 Å². The number of aliphatic hydroxyl groups is 2. The quantitative estimate of drug-likeness (QED) is 0.171. The Kier molecular flexibility index (Phi) is 7.64. The van der Waals surface area contributed by atoms with Crippen molar-refractivity contribution in [1.29, 1.82) is 0 Å². The first-order chi connectivity index (χ1) is 15.5. The Morgan fingerprint density at radius 1 is 1.06 bits per heavy atom. The molecule has 0 unspecified atom stereocenters. The first-order valence-electron chi connectivity index (χ1n) is 10.1. The Morgan fingerprint density at radius 3 is 2.38 bits per heavy atom. The molecule has 1 saturated heterocycles. The van der Waals surface area contributed by atoms with Gasteiger partial charge in [0.05, 0.1) is 31.4 Å². The maximum atomic E-state index is 12.9. The van der Waals surface area contributed by atoms with Gasteiger partial charge in [0.25, 0.3) is 11.7 Å². The number of rotatable bonds is 10. The normalized spacial score (nSPS) is 17.5. The van der Waals surface area contributed by atoms with Crippen LogP contribution in [0.3, 0.4) is 0 Å². The van der Waals surface area contributed by atoms with Gasteiger partial charge in [-0.05, 0) is 42.0 Å². The number of aromatic hydroxyl groups is 1. The van der Waals surface area contributed by atoms with E-state index in [1.165, 1.54) is 17.0 Å². The molecule has 2 aromatic rings. The molecular formula is C24H25NO7. The zero-order valence-corrected chi connectivity index (χ0v) is 17.4. The van der Waals surface area contributed by atoms with Crippen LogP contribution in [0.25, 0.3) is 5.76 Å². The Labute approximate surface area is 185 Å². The predicted molar refractivity (Wildman–Crippen MR) is 117 cm³/mol. The number of phenolic OH excluding ortho intramolecular Hbond substituents is 1. The van der Waals surface area contributed by atoms with Crippen molar-refractivity contribution in [2.75, 3.05) is 33.0 Å². The Bertz CT molecular complexity index is 996. The molecule has 0 spiro atoms. The number of amides is 1. The van der Waals surface area contributed by atoms with Gasteiger partial charge in [-0.3, -0.25) is 9.59 Å². The molecule has 2 aromatic carbocycles. The summed E-state index contributed by atoms with van der Waals surface area (Å²) in [6.45, 7) is 4.05. The van der Waals surface area contributed by atoms with Gasteiger partial charge in [0.15, 0.2) is 0 Å². The summed E-state index contributed by atoms with van der Waals surface area (Å²) in [5.74, 6) is -1.28. The maximum Gasteiger partial charge on any atom is 0.295 e. The fourth-order valence-electron chi connectivity index (χ4n) is 3.46. The van der Waals surface area contributed by atoms with Crippen molar-refractivity contribution in [2.24, 2.45) is 0 Å². The van der Waals surface area contributed by atoms with E-state index in [-0.39, 0.29) is 43.4 Å². The van der Waals surface area contributed by atoms with Gasteiger partial charge in [-0.25, -0.2) is 0 Å². The number of hydrogen-bond acceptors (Lipinski definition) is 7. The smallest absolute Gasteiger partial charge is 0.295 e. The highest BCUT2D eigenvalue weighted by Gasteiger charge is 2.45. The first-order valence-corrected chi connectivity index (χ1v) is 10.1. The zero-order valence-electron chi connectivity index (χ0n) is 17.4. The lowest BCUT2D eigenvalue weighted by Gasteiger charge is -2.25. The van der Waals surface area contributed by atoms with Crippen LogP contribution in [0.2, 0.25) is 0 Å². The lowest BCUT2D eigenvalue weighted by atomic mass is 9.95. The molecule has 0 aliphatic carbocycles. The van der Waals surface area contributed by atoms with Crippen LogP contribution in [0.5, 0.6) is 11.5 Å². The summed E-state index contributed by atoms with van der Waals surface area (Å²) in [6, 6.07) is 11.7. The summed E-state index contributed by atoms with van der Waals surface area (Å²) in [7, 11) is 0. The minimum absolute atomic E-state index is 0.0343. The lowest BCUT2D eigenvalue weighted by molar-refractivity contribution is -0.140. The maximum absolute atomic E-state index is 12.9. The monoisotopic (exact) mass is 439 g/mol. The van der Waals surface area contributed by atoms with E-state index in [2.05, 4.69) is 6.58 Å². The predicted octanol–water partition coefficient (Wildman–Crippen LogP) is 2.39. The topological polar surface area (TPSA) is 117 Å². The third-order valence-corrected chi connectivity index (χ3v) is 4.96. The molecule has 1 aliphatic rings. The zero-order chi connectivity index (χ0) is 23.1. The average molecular weight is 439 g/mol. The van der Waals surface area contributed by atoms with Crippen LogP contribution in [0.4, 0.5) is 0 Å². The Balaban J connectivity index is 2.00. The summed E-state index contributed by atoms with van der Waals surface area (Å²) in [5, 5.41) is 29.5. The molecule has 8 nitrogen and oxygen atoms in total. The second kappa shape index (κ2) is 10.6. The molecule has 0 saturated carbocycles. The molecule has 1 heterocycles. The van der Waals surface area contributed by atoms with Crippen molar-refractivity contribution in [3.8, 4) is 11.5 Å². The largest absolute Gasteiger partial charge is 0.508 e. The summed E-state index contributed by atoms with van der Waals surface area (Å²) in [5.41, 5.74) is 0.855. The third-order valence-electron chi connectivity index (χ3n) is 4.96. The number of hydrogen-bond donors (Lipinski definition) is 3. The van der Waals surface area contributed by atoms with Gasteiger partial charge in [0, 0.05) is 12.1 Å². The van der Waals surface area contributed by atoms with E-state index in [1.54, 1.807) is 42.5 Å². The minimum atomic E-state index is -0.856. The van der Waals surface area contributed by atoms with Crippen molar-refractivity contribution < 1.29 is 34.4 Å². The molecule has 1 aliphatic heterocycles. The number of aliphatic hydroxyl groups excluding tert-OH is 2. The van der Waals surface area contributed by atoms with E-state index in [4.69, 9.17) is 14.6 Å². The van der Waals surface area contributed by atoms with Gasteiger partial charge < -0.3 is 29.7 Å². The lowest BCUT2D eigenvalue weighted by Crippen LogP contribution is -2.33. The number of carbonyl (C=O) groups is 2. The van der Waals surface area contributed by atoms with Crippen molar-refractivity contribution >= 4 is 17.4 Å². The van der Waals surface area contributed by atoms with Crippen LogP contribution < -0.4 is 4.74 Å². The molecule has 1 fully saturated rings. The highest BCUT2D eigenvalue weighted by molar-refractivity contribution is 6.46. The first kappa shape index (κ1) is 23.1. The van der Waals surface area contributed by atoms with E-state index >= 15 is 0 Å². The van der Waals surface area contributed by atoms with Crippen LogP contribution in [0.15, 0.2) is 66.8 Å². The molecule has 1 atom stereocenters. The highest BCUT2D eigenvalue weighted by Crippen LogP contribution is 2.39. The van der Waals surface area contributed by atoms with Crippen LogP contribution in [-0.2, 0) is 14.3 Å². The van der Waals surface area contributed by atoms with E-state index in [0.717, 1.165) is 0 Å². The van der Waals surface area contributed by atoms with E-state index in [9.17, 15) is 19.8 Å². The van der Waals surface area contributed by atoms with Gasteiger partial charge in [0.2, 0.25) is 0 Å². The molecule has 1 amide bonds. The summed E-state index contributed by atoms with van der Waals surface area (Å²) in [4.78, 5) is 27.0. The van der Waals surface area contributed by atoms with Gasteiger partial charge in [0.1, 0.15) is 23.9 Å². The molecule has 0 radical (unpaired) electrons.